The lowest BCUT2D eigenvalue weighted by Gasteiger charge is -2.41. The van der Waals surface area contributed by atoms with Gasteiger partial charge in [0, 0.05) is 6.42 Å². The van der Waals surface area contributed by atoms with Crippen LogP contribution in [0.15, 0.2) is 60.8 Å². The van der Waals surface area contributed by atoms with Crippen molar-refractivity contribution in [2.24, 2.45) is 0 Å². The first-order valence-electron chi connectivity index (χ1n) is 31.1. The van der Waals surface area contributed by atoms with E-state index >= 15 is 0 Å². The van der Waals surface area contributed by atoms with Gasteiger partial charge >= 0.3 is 5.97 Å². The molecule has 1 aliphatic rings. The van der Waals surface area contributed by atoms with Gasteiger partial charge in [0.15, 0.2) is 12.4 Å². The van der Waals surface area contributed by atoms with E-state index < -0.39 is 67.4 Å². The van der Waals surface area contributed by atoms with Crippen LogP contribution in [0, 0.1) is 0 Å². The SMILES string of the molecule is CCCCC/C=C\C/C=C\CCCCCCCCCCCCCC(=O)OC1C(OCC(NC(=O)C(O)CCCCCCC/C=C/C=C/CCCCC)C(O)/C=C/CCCCCCCCCCC)OC(CO)C(O)C1O. The number of allylic oxidation sites excluding steroid dienone is 9. The van der Waals surface area contributed by atoms with Crippen molar-refractivity contribution in [3.63, 3.8) is 0 Å². The Labute approximate surface area is 458 Å². The summed E-state index contributed by atoms with van der Waals surface area (Å²) in [6.45, 7) is 5.72. The maximum atomic E-state index is 13.4. The number of rotatable bonds is 52. The summed E-state index contributed by atoms with van der Waals surface area (Å²) in [7, 11) is 0. The number of aliphatic hydroxyl groups is 5. The van der Waals surface area contributed by atoms with E-state index in [0.29, 0.717) is 12.8 Å². The monoisotopic (exact) mass is 1060 g/mol. The molecule has 11 nitrogen and oxygen atoms in total. The minimum Gasteiger partial charge on any atom is -0.454 e. The predicted octanol–water partition coefficient (Wildman–Crippen LogP) is 14.6. The van der Waals surface area contributed by atoms with Crippen molar-refractivity contribution in [3.05, 3.63) is 60.8 Å². The molecule has 0 bridgehead atoms. The van der Waals surface area contributed by atoms with E-state index in [9.17, 15) is 35.1 Å². The molecule has 436 valence electrons. The molecule has 8 atom stereocenters. The standard InChI is InChI=1S/C64H115NO10/c1-4-7-10-13-16-19-22-24-26-27-28-29-30-31-32-34-37-40-43-46-49-52-59(69)75-62-61(71)60(70)58(53-66)74-64(62)73-54-55(56(67)50-47-44-41-38-35-21-18-15-12-9-6-3)65-63(72)57(68)51-48-45-42-39-36-33-25-23-20-17-14-11-8-5-2/h16-17,19-20,23-26,47,50,55-58,60-62,64,66-68,70-71H,4-15,18,21-22,27-46,48-49,51-54H2,1-3H3,(H,65,72)/b19-16-,20-17+,25-23+,26-24-,50-47+. The van der Waals surface area contributed by atoms with E-state index in [-0.39, 0.29) is 19.4 Å². The average molecular weight is 1060 g/mol. The van der Waals surface area contributed by atoms with E-state index in [1.165, 1.54) is 141 Å². The summed E-state index contributed by atoms with van der Waals surface area (Å²) in [4.78, 5) is 26.5. The third kappa shape index (κ3) is 40.2. The van der Waals surface area contributed by atoms with Gasteiger partial charge in [0.25, 0.3) is 0 Å². The van der Waals surface area contributed by atoms with Crippen LogP contribution >= 0.6 is 0 Å². The van der Waals surface area contributed by atoms with Crippen LogP contribution in [0.3, 0.4) is 0 Å². The van der Waals surface area contributed by atoms with Crippen molar-refractivity contribution in [1.29, 1.82) is 0 Å². The lowest BCUT2D eigenvalue weighted by atomic mass is 9.99. The largest absolute Gasteiger partial charge is 0.454 e. The third-order valence-electron chi connectivity index (χ3n) is 14.4. The molecule has 1 rings (SSSR count). The van der Waals surface area contributed by atoms with Crippen LogP contribution in [0.1, 0.15) is 271 Å². The Hall–Kier alpha value is -2.64. The molecular weight excluding hydrogens is 943 g/mol. The van der Waals surface area contributed by atoms with Gasteiger partial charge in [-0.2, -0.15) is 0 Å². The Bertz CT molecular complexity index is 1450. The van der Waals surface area contributed by atoms with E-state index in [0.717, 1.165) is 83.5 Å². The molecule has 1 fully saturated rings. The minimum absolute atomic E-state index is 0.119. The van der Waals surface area contributed by atoms with Gasteiger partial charge in [-0.3, -0.25) is 9.59 Å². The Kier molecular flexibility index (Phi) is 48.9. The van der Waals surface area contributed by atoms with Gasteiger partial charge in [-0.25, -0.2) is 0 Å². The van der Waals surface area contributed by atoms with E-state index in [2.05, 4.69) is 74.7 Å². The molecule has 1 saturated heterocycles. The molecule has 0 aromatic heterocycles. The van der Waals surface area contributed by atoms with Gasteiger partial charge < -0.3 is 45.1 Å². The molecule has 0 aromatic carbocycles. The van der Waals surface area contributed by atoms with Gasteiger partial charge in [-0.05, 0) is 83.5 Å². The van der Waals surface area contributed by atoms with Crippen LogP contribution < -0.4 is 5.32 Å². The second-order valence-electron chi connectivity index (χ2n) is 21.5. The molecule has 1 heterocycles. The minimum atomic E-state index is -1.62. The Morgan fingerprint density at radius 2 is 0.960 bits per heavy atom. The molecule has 0 radical (unpaired) electrons. The van der Waals surface area contributed by atoms with E-state index in [1.807, 2.05) is 6.08 Å². The molecular formula is C64H115NO10. The zero-order valence-corrected chi connectivity index (χ0v) is 48.2. The molecule has 0 aromatic rings. The number of aliphatic hydroxyl groups excluding tert-OH is 5. The van der Waals surface area contributed by atoms with Crippen LogP contribution in [0.4, 0.5) is 0 Å². The van der Waals surface area contributed by atoms with Crippen molar-refractivity contribution in [2.45, 2.75) is 320 Å². The van der Waals surface area contributed by atoms with Crippen LogP contribution in [-0.4, -0.2) is 99.6 Å². The summed E-state index contributed by atoms with van der Waals surface area (Å²) < 4.78 is 17.6. The van der Waals surface area contributed by atoms with Crippen LogP contribution in [0.25, 0.3) is 0 Å². The van der Waals surface area contributed by atoms with Crippen molar-refractivity contribution in [3.8, 4) is 0 Å². The highest BCUT2D eigenvalue weighted by atomic mass is 16.7. The third-order valence-corrected chi connectivity index (χ3v) is 14.4. The summed E-state index contributed by atoms with van der Waals surface area (Å²) in [5.41, 5.74) is 0. The topological polar surface area (TPSA) is 175 Å². The van der Waals surface area contributed by atoms with E-state index in [4.69, 9.17) is 14.2 Å². The fraction of sp³-hybridized carbons (Fsp3) is 0.812. The quantitative estimate of drug-likeness (QED) is 0.0149. The number of hydrogen-bond acceptors (Lipinski definition) is 10. The lowest BCUT2D eigenvalue weighted by molar-refractivity contribution is -0.305. The fourth-order valence-electron chi connectivity index (χ4n) is 9.44. The molecule has 6 N–H and O–H groups in total. The van der Waals surface area contributed by atoms with Crippen molar-refractivity contribution in [1.82, 2.24) is 5.32 Å². The summed E-state index contributed by atoms with van der Waals surface area (Å²) in [5, 5.41) is 56.9. The van der Waals surface area contributed by atoms with Gasteiger partial charge in [0.2, 0.25) is 5.91 Å². The number of esters is 1. The number of carbonyl (C=O) groups is 2. The number of carbonyl (C=O) groups excluding carboxylic acids is 2. The second kappa shape index (κ2) is 52.1. The predicted molar refractivity (Wildman–Crippen MR) is 310 cm³/mol. The summed E-state index contributed by atoms with van der Waals surface area (Å²) >= 11 is 0. The number of nitrogens with one attached hydrogen (secondary N) is 1. The number of hydrogen-bond donors (Lipinski definition) is 6. The average Bonchev–Trinajstić information content (AvgIpc) is 3.41. The van der Waals surface area contributed by atoms with Gasteiger partial charge in [-0.15, -0.1) is 0 Å². The number of unbranched alkanes of at least 4 members (excludes halogenated alkanes) is 31. The first-order valence-corrected chi connectivity index (χ1v) is 31.1. The Morgan fingerprint density at radius 3 is 1.47 bits per heavy atom. The molecule has 0 aliphatic carbocycles. The highest BCUT2D eigenvalue weighted by molar-refractivity contribution is 5.80. The molecule has 75 heavy (non-hydrogen) atoms. The van der Waals surface area contributed by atoms with E-state index in [1.54, 1.807) is 6.08 Å². The molecule has 0 saturated carbocycles. The normalized spacial score (nSPS) is 19.6. The lowest BCUT2D eigenvalue weighted by Crippen LogP contribution is -2.61. The molecule has 11 heteroatoms. The van der Waals surface area contributed by atoms with Crippen molar-refractivity contribution < 1.29 is 49.3 Å². The highest BCUT2D eigenvalue weighted by Crippen LogP contribution is 2.26. The first kappa shape index (κ1) is 70.4. The zero-order chi connectivity index (χ0) is 54.7. The van der Waals surface area contributed by atoms with Crippen LogP contribution in [0.2, 0.25) is 0 Å². The van der Waals surface area contributed by atoms with Gasteiger partial charge in [-0.1, -0.05) is 242 Å². The number of ether oxygens (including phenoxy) is 3. The van der Waals surface area contributed by atoms with Gasteiger partial charge in [0.1, 0.15) is 24.4 Å². The smallest absolute Gasteiger partial charge is 0.306 e. The second-order valence-corrected chi connectivity index (χ2v) is 21.5. The van der Waals surface area contributed by atoms with Gasteiger partial charge in [0.05, 0.1) is 25.4 Å². The summed E-state index contributed by atoms with van der Waals surface area (Å²) in [6.07, 6.45) is 54.0. The van der Waals surface area contributed by atoms with Crippen LogP contribution in [-0.2, 0) is 23.8 Å². The van der Waals surface area contributed by atoms with Crippen molar-refractivity contribution >= 4 is 11.9 Å². The molecule has 1 amide bonds. The van der Waals surface area contributed by atoms with Crippen molar-refractivity contribution in [2.75, 3.05) is 13.2 Å². The fourth-order valence-corrected chi connectivity index (χ4v) is 9.44. The maximum absolute atomic E-state index is 13.4. The first-order chi connectivity index (χ1) is 36.7. The Balaban J connectivity index is 2.64. The molecule has 1 aliphatic heterocycles. The molecule has 8 unspecified atom stereocenters. The summed E-state index contributed by atoms with van der Waals surface area (Å²) in [6, 6.07) is -1.03. The summed E-state index contributed by atoms with van der Waals surface area (Å²) in [5.74, 6) is -1.21. The molecule has 0 spiro atoms. The zero-order valence-electron chi connectivity index (χ0n) is 48.2. The van der Waals surface area contributed by atoms with Crippen LogP contribution in [0.5, 0.6) is 0 Å². The highest BCUT2D eigenvalue weighted by Gasteiger charge is 2.47. The maximum Gasteiger partial charge on any atom is 0.306 e. The Morgan fingerprint density at radius 1 is 0.533 bits per heavy atom. The number of amides is 1.